The minimum absolute atomic E-state index is 0.190. The maximum Gasteiger partial charge on any atom is 0.313 e. The first-order valence-corrected chi connectivity index (χ1v) is 4.39. The number of benzene rings is 1. The first-order valence-electron chi connectivity index (χ1n) is 4.39. The van der Waals surface area contributed by atoms with Crippen LogP contribution in [0.4, 0.5) is 0 Å². The summed E-state index contributed by atoms with van der Waals surface area (Å²) in [4.78, 5) is 11.0. The third-order valence-corrected chi connectivity index (χ3v) is 2.45. The van der Waals surface area contributed by atoms with Gasteiger partial charge in [-0.15, -0.1) is 0 Å². The number of aromatic hydroxyl groups is 1. The molecule has 0 saturated heterocycles. The largest absolute Gasteiger partial charge is 0.508 e. The van der Waals surface area contributed by atoms with Gasteiger partial charge in [0.1, 0.15) is 5.75 Å². The van der Waals surface area contributed by atoms with Crippen molar-refractivity contribution in [1.29, 1.82) is 0 Å². The molecule has 1 rings (SSSR count). The van der Waals surface area contributed by atoms with Gasteiger partial charge in [0.25, 0.3) is 0 Å². The highest BCUT2D eigenvalue weighted by Crippen LogP contribution is 2.27. The molecule has 0 fully saturated rings. The monoisotopic (exact) mass is 194 g/mol. The topological polar surface area (TPSA) is 57.5 Å². The quantitative estimate of drug-likeness (QED) is 0.757. The van der Waals surface area contributed by atoms with Gasteiger partial charge < -0.3 is 10.2 Å². The predicted octanol–water partition coefficient (Wildman–Crippen LogP) is 2.06. The number of phenolic OH excluding ortho intramolecular Hbond substituents is 1. The number of hydrogen-bond acceptors (Lipinski definition) is 2. The summed E-state index contributed by atoms with van der Waals surface area (Å²) in [5.41, 5.74) is 0.468. The maximum atomic E-state index is 11.0. The van der Waals surface area contributed by atoms with Crippen molar-refractivity contribution in [1.82, 2.24) is 0 Å². The average molecular weight is 194 g/mol. The van der Waals surface area contributed by atoms with Crippen molar-refractivity contribution >= 4 is 5.97 Å². The first-order chi connectivity index (χ1) is 6.35. The number of carboxylic acid groups (broad SMARTS) is 1. The van der Waals surface area contributed by atoms with E-state index in [9.17, 15) is 9.90 Å². The van der Waals surface area contributed by atoms with Crippen molar-refractivity contribution in [3.05, 3.63) is 29.3 Å². The molecule has 14 heavy (non-hydrogen) atoms. The Bertz CT molecular complexity index is 367. The summed E-state index contributed by atoms with van der Waals surface area (Å²) in [5, 5.41) is 18.3. The predicted molar refractivity (Wildman–Crippen MR) is 53.5 cm³/mol. The molecule has 0 heterocycles. The molecule has 0 unspecified atom stereocenters. The van der Waals surface area contributed by atoms with Crippen molar-refractivity contribution in [2.24, 2.45) is 0 Å². The lowest BCUT2D eigenvalue weighted by Gasteiger charge is -2.20. The highest BCUT2D eigenvalue weighted by atomic mass is 16.4. The Balaban J connectivity index is 3.21. The highest BCUT2D eigenvalue weighted by Gasteiger charge is 2.29. The number of rotatable bonds is 2. The second-order valence-corrected chi connectivity index (χ2v) is 3.93. The van der Waals surface area contributed by atoms with Crippen molar-refractivity contribution in [3.8, 4) is 5.75 Å². The smallest absolute Gasteiger partial charge is 0.313 e. The van der Waals surface area contributed by atoms with E-state index in [1.165, 1.54) is 6.07 Å². The number of phenols is 1. The highest BCUT2D eigenvalue weighted by molar-refractivity contribution is 5.80. The number of hydrogen-bond donors (Lipinski definition) is 2. The van der Waals surface area contributed by atoms with Gasteiger partial charge >= 0.3 is 5.97 Å². The van der Waals surface area contributed by atoms with Crippen molar-refractivity contribution in [3.63, 3.8) is 0 Å². The molecule has 0 aliphatic carbocycles. The Morgan fingerprint density at radius 3 is 2.36 bits per heavy atom. The van der Waals surface area contributed by atoms with E-state index in [0.29, 0.717) is 11.1 Å². The molecule has 1 aromatic rings. The zero-order chi connectivity index (χ0) is 10.9. The average Bonchev–Trinajstić information content (AvgIpc) is 2.09. The molecule has 0 aromatic heterocycles. The molecule has 0 spiro atoms. The van der Waals surface area contributed by atoms with Crippen LogP contribution in [0.15, 0.2) is 18.2 Å². The Morgan fingerprint density at radius 1 is 1.36 bits per heavy atom. The fourth-order valence-corrected chi connectivity index (χ4v) is 1.17. The van der Waals surface area contributed by atoms with E-state index in [-0.39, 0.29) is 5.75 Å². The number of aliphatic carboxylic acids is 1. The molecular formula is C11H14O3. The second-order valence-electron chi connectivity index (χ2n) is 3.93. The van der Waals surface area contributed by atoms with Crippen LogP contribution in [-0.2, 0) is 10.2 Å². The van der Waals surface area contributed by atoms with Gasteiger partial charge in [0, 0.05) is 0 Å². The molecule has 0 bridgehead atoms. The van der Waals surface area contributed by atoms with E-state index in [4.69, 9.17) is 5.11 Å². The molecule has 3 heteroatoms. The summed E-state index contributed by atoms with van der Waals surface area (Å²) in [6, 6.07) is 4.86. The standard InChI is InChI=1S/C11H14O3/c1-7-6-8(4-5-9(7)12)11(2,3)10(13)14/h4-6,12H,1-3H3,(H,13,14). The summed E-state index contributed by atoms with van der Waals surface area (Å²) >= 11 is 0. The second kappa shape index (κ2) is 3.33. The summed E-state index contributed by atoms with van der Waals surface area (Å²) in [5.74, 6) is -0.683. The Morgan fingerprint density at radius 2 is 1.93 bits per heavy atom. The third-order valence-electron chi connectivity index (χ3n) is 2.45. The van der Waals surface area contributed by atoms with Gasteiger partial charge in [-0.3, -0.25) is 4.79 Å². The number of carbonyl (C=O) groups is 1. The Hall–Kier alpha value is -1.51. The van der Waals surface area contributed by atoms with Crippen molar-refractivity contribution in [2.45, 2.75) is 26.2 Å². The summed E-state index contributed by atoms with van der Waals surface area (Å²) in [7, 11) is 0. The molecular weight excluding hydrogens is 180 g/mol. The SMILES string of the molecule is Cc1cc(C(C)(C)C(=O)O)ccc1O. The summed E-state index contributed by atoms with van der Waals surface area (Å²) < 4.78 is 0. The van der Waals surface area contributed by atoms with E-state index < -0.39 is 11.4 Å². The van der Waals surface area contributed by atoms with Crippen LogP contribution in [0, 0.1) is 6.92 Å². The Kier molecular flexibility index (Phi) is 2.51. The minimum Gasteiger partial charge on any atom is -0.508 e. The van der Waals surface area contributed by atoms with E-state index in [1.807, 2.05) is 0 Å². The van der Waals surface area contributed by atoms with Gasteiger partial charge in [-0.05, 0) is 38.0 Å². The van der Waals surface area contributed by atoms with E-state index in [1.54, 1.807) is 32.9 Å². The third kappa shape index (κ3) is 1.71. The van der Waals surface area contributed by atoms with Gasteiger partial charge in [-0.2, -0.15) is 0 Å². The van der Waals surface area contributed by atoms with Gasteiger partial charge in [0.2, 0.25) is 0 Å². The maximum absolute atomic E-state index is 11.0. The minimum atomic E-state index is -0.918. The molecule has 0 amide bonds. The van der Waals surface area contributed by atoms with Gasteiger partial charge in [0.05, 0.1) is 5.41 Å². The van der Waals surface area contributed by atoms with E-state index >= 15 is 0 Å². The molecule has 0 aliphatic heterocycles. The normalized spacial score (nSPS) is 11.4. The Labute approximate surface area is 83.0 Å². The van der Waals surface area contributed by atoms with Gasteiger partial charge in [-0.25, -0.2) is 0 Å². The van der Waals surface area contributed by atoms with Crippen LogP contribution in [0.25, 0.3) is 0 Å². The van der Waals surface area contributed by atoms with Crippen LogP contribution in [0.1, 0.15) is 25.0 Å². The molecule has 0 radical (unpaired) electrons. The summed E-state index contributed by atoms with van der Waals surface area (Å²) in [6.45, 7) is 5.03. The van der Waals surface area contributed by atoms with Crippen molar-refractivity contribution < 1.29 is 15.0 Å². The summed E-state index contributed by atoms with van der Waals surface area (Å²) in [6.07, 6.45) is 0. The zero-order valence-corrected chi connectivity index (χ0v) is 8.53. The lowest BCUT2D eigenvalue weighted by Crippen LogP contribution is -2.28. The van der Waals surface area contributed by atoms with Crippen LogP contribution in [-0.4, -0.2) is 16.2 Å². The van der Waals surface area contributed by atoms with Crippen LogP contribution in [0.2, 0.25) is 0 Å². The lowest BCUT2D eigenvalue weighted by atomic mass is 9.84. The fraction of sp³-hybridized carbons (Fsp3) is 0.364. The van der Waals surface area contributed by atoms with Gasteiger partial charge in [-0.1, -0.05) is 12.1 Å². The van der Waals surface area contributed by atoms with Crippen LogP contribution < -0.4 is 0 Å². The lowest BCUT2D eigenvalue weighted by molar-refractivity contribution is -0.142. The van der Waals surface area contributed by atoms with E-state index in [2.05, 4.69) is 0 Å². The van der Waals surface area contributed by atoms with Crippen LogP contribution in [0.3, 0.4) is 0 Å². The zero-order valence-electron chi connectivity index (χ0n) is 8.53. The molecule has 3 nitrogen and oxygen atoms in total. The molecule has 76 valence electrons. The number of aryl methyl sites for hydroxylation is 1. The molecule has 2 N–H and O–H groups in total. The number of carboxylic acids is 1. The molecule has 0 atom stereocenters. The van der Waals surface area contributed by atoms with Crippen molar-refractivity contribution in [2.75, 3.05) is 0 Å². The van der Waals surface area contributed by atoms with E-state index in [0.717, 1.165) is 0 Å². The van der Waals surface area contributed by atoms with Crippen LogP contribution in [0.5, 0.6) is 5.75 Å². The van der Waals surface area contributed by atoms with Gasteiger partial charge in [0.15, 0.2) is 0 Å². The molecule has 0 saturated carbocycles. The first kappa shape index (κ1) is 10.6. The fourth-order valence-electron chi connectivity index (χ4n) is 1.17. The molecule has 0 aliphatic rings. The molecule has 1 aromatic carbocycles. The van der Waals surface area contributed by atoms with Crippen LogP contribution >= 0.6 is 0 Å².